The summed E-state index contributed by atoms with van der Waals surface area (Å²) in [4.78, 5) is 19.3. The van der Waals surface area contributed by atoms with Gasteiger partial charge in [-0.25, -0.2) is 4.98 Å². The highest BCUT2D eigenvalue weighted by Crippen LogP contribution is 2.31. The van der Waals surface area contributed by atoms with E-state index in [1.54, 1.807) is 12.3 Å². The number of pyridine rings is 1. The molecule has 0 atom stereocenters. The van der Waals surface area contributed by atoms with Crippen molar-refractivity contribution < 1.29 is 4.79 Å². The summed E-state index contributed by atoms with van der Waals surface area (Å²) < 4.78 is 0. The molecule has 2 fully saturated rings. The van der Waals surface area contributed by atoms with Crippen LogP contribution in [-0.4, -0.2) is 45.1 Å². The van der Waals surface area contributed by atoms with E-state index >= 15 is 0 Å². The minimum absolute atomic E-state index is 0.139. The lowest BCUT2D eigenvalue weighted by molar-refractivity contribution is -0.137. The highest BCUT2D eigenvalue weighted by Gasteiger charge is 2.32. The van der Waals surface area contributed by atoms with Gasteiger partial charge in [-0.05, 0) is 56.7 Å². The maximum Gasteiger partial charge on any atom is 0.225 e. The number of anilines is 1. The van der Waals surface area contributed by atoms with Crippen LogP contribution in [-0.2, 0) is 4.79 Å². The highest BCUT2D eigenvalue weighted by molar-refractivity contribution is 5.79. The molecule has 1 saturated carbocycles. The average molecular weight is 378 g/mol. The van der Waals surface area contributed by atoms with Crippen molar-refractivity contribution in [1.82, 2.24) is 20.1 Å². The second-order valence-corrected chi connectivity index (χ2v) is 7.82. The summed E-state index contributed by atoms with van der Waals surface area (Å²) in [5, 5.41) is 19.5. The van der Waals surface area contributed by atoms with Crippen molar-refractivity contribution in [1.29, 1.82) is 5.26 Å². The van der Waals surface area contributed by atoms with E-state index < -0.39 is 0 Å². The van der Waals surface area contributed by atoms with Gasteiger partial charge in [-0.3, -0.25) is 9.89 Å². The smallest absolute Gasteiger partial charge is 0.225 e. The first-order valence-electron chi connectivity index (χ1n) is 10.1. The zero-order valence-electron chi connectivity index (χ0n) is 16.0. The number of likely N-dealkylation sites (tertiary alicyclic amines) is 1. The van der Waals surface area contributed by atoms with E-state index in [0.29, 0.717) is 23.6 Å². The fourth-order valence-corrected chi connectivity index (χ4v) is 4.43. The summed E-state index contributed by atoms with van der Waals surface area (Å²) in [5.41, 5.74) is 1.61. The molecule has 2 N–H and O–H groups in total. The van der Waals surface area contributed by atoms with E-state index in [1.807, 2.05) is 18.2 Å². The maximum absolute atomic E-state index is 12.9. The first-order valence-corrected chi connectivity index (χ1v) is 10.1. The van der Waals surface area contributed by atoms with Crippen LogP contribution in [0.1, 0.15) is 55.8 Å². The Kier molecular flexibility index (Phi) is 5.56. The number of nitrogens with zero attached hydrogens (tertiary/aromatic N) is 4. The van der Waals surface area contributed by atoms with Gasteiger partial charge >= 0.3 is 0 Å². The molecule has 0 unspecified atom stereocenters. The van der Waals surface area contributed by atoms with Gasteiger partial charge < -0.3 is 10.2 Å². The Labute approximate surface area is 165 Å². The SMILES string of the molecule is N#Cc1cccc(NC2CCC(C(=O)N3CCC(c4ccn[nH]4)CC3)CC2)n1. The molecule has 2 aliphatic rings. The number of piperidine rings is 1. The molecule has 0 aromatic carbocycles. The molecule has 7 heteroatoms. The van der Waals surface area contributed by atoms with Crippen LogP contribution in [0, 0.1) is 17.2 Å². The largest absolute Gasteiger partial charge is 0.367 e. The first kappa shape index (κ1) is 18.5. The number of hydrogen-bond donors (Lipinski definition) is 2. The number of aromatic amines is 1. The lowest BCUT2D eigenvalue weighted by Crippen LogP contribution is -2.43. The number of H-pyrrole nitrogens is 1. The lowest BCUT2D eigenvalue weighted by atomic mass is 9.84. The number of nitriles is 1. The van der Waals surface area contributed by atoms with Gasteiger partial charge in [-0.1, -0.05) is 6.07 Å². The van der Waals surface area contributed by atoms with E-state index in [2.05, 4.69) is 31.5 Å². The van der Waals surface area contributed by atoms with Crippen LogP contribution in [0.2, 0.25) is 0 Å². The van der Waals surface area contributed by atoms with Crippen LogP contribution in [0.25, 0.3) is 0 Å². The Morgan fingerprint density at radius 3 is 2.61 bits per heavy atom. The predicted molar refractivity (Wildman–Crippen MR) is 105 cm³/mol. The fourth-order valence-electron chi connectivity index (χ4n) is 4.43. The van der Waals surface area contributed by atoms with E-state index in [-0.39, 0.29) is 5.92 Å². The number of carbonyl (C=O) groups is 1. The summed E-state index contributed by atoms with van der Waals surface area (Å²) in [7, 11) is 0. The molecule has 2 aromatic heterocycles. The van der Waals surface area contributed by atoms with Crippen LogP contribution < -0.4 is 5.32 Å². The second-order valence-electron chi connectivity index (χ2n) is 7.82. The Hall–Kier alpha value is -2.88. The number of aromatic nitrogens is 3. The van der Waals surface area contributed by atoms with Crippen LogP contribution in [0.15, 0.2) is 30.5 Å². The molecule has 1 amide bonds. The molecule has 1 aliphatic heterocycles. The van der Waals surface area contributed by atoms with E-state index in [0.717, 1.165) is 57.4 Å². The molecule has 1 saturated heterocycles. The number of amides is 1. The van der Waals surface area contributed by atoms with Crippen LogP contribution in [0.4, 0.5) is 5.82 Å². The van der Waals surface area contributed by atoms with Crippen molar-refractivity contribution in [3.05, 3.63) is 41.9 Å². The zero-order valence-corrected chi connectivity index (χ0v) is 16.0. The Bertz CT molecular complexity index is 827. The van der Waals surface area contributed by atoms with Crippen molar-refractivity contribution in [2.24, 2.45) is 5.92 Å². The third kappa shape index (κ3) is 4.16. The van der Waals surface area contributed by atoms with Crippen molar-refractivity contribution in [3.63, 3.8) is 0 Å². The molecule has 2 aromatic rings. The summed E-state index contributed by atoms with van der Waals surface area (Å²) >= 11 is 0. The van der Waals surface area contributed by atoms with Gasteiger partial charge in [0.1, 0.15) is 17.6 Å². The van der Waals surface area contributed by atoms with E-state index in [1.165, 1.54) is 5.69 Å². The minimum Gasteiger partial charge on any atom is -0.367 e. The third-order valence-electron chi connectivity index (χ3n) is 6.06. The number of nitrogens with one attached hydrogen (secondary N) is 2. The quantitative estimate of drug-likeness (QED) is 0.852. The lowest BCUT2D eigenvalue weighted by Gasteiger charge is -2.36. The van der Waals surface area contributed by atoms with Gasteiger partial charge in [0.15, 0.2) is 0 Å². The maximum atomic E-state index is 12.9. The Morgan fingerprint density at radius 2 is 1.93 bits per heavy atom. The molecule has 0 bridgehead atoms. The third-order valence-corrected chi connectivity index (χ3v) is 6.06. The number of carbonyl (C=O) groups excluding carboxylic acids is 1. The van der Waals surface area contributed by atoms with Gasteiger partial charge in [0.05, 0.1) is 0 Å². The monoisotopic (exact) mass is 378 g/mol. The summed E-state index contributed by atoms with van der Waals surface area (Å²) in [6, 6.07) is 9.86. The van der Waals surface area contributed by atoms with Gasteiger partial charge in [0.25, 0.3) is 0 Å². The van der Waals surface area contributed by atoms with Crippen molar-refractivity contribution in [3.8, 4) is 6.07 Å². The molecule has 7 nitrogen and oxygen atoms in total. The van der Waals surface area contributed by atoms with Gasteiger partial charge in [0.2, 0.25) is 5.91 Å². The van der Waals surface area contributed by atoms with E-state index in [9.17, 15) is 4.79 Å². The second kappa shape index (κ2) is 8.42. The molecule has 0 radical (unpaired) electrons. The number of rotatable bonds is 4. The minimum atomic E-state index is 0.139. The van der Waals surface area contributed by atoms with Crippen LogP contribution in [0.5, 0.6) is 0 Å². The molecule has 0 spiro atoms. The van der Waals surface area contributed by atoms with Gasteiger partial charge in [-0.15, -0.1) is 0 Å². The van der Waals surface area contributed by atoms with Crippen molar-refractivity contribution in [2.45, 2.75) is 50.5 Å². The number of hydrogen-bond acceptors (Lipinski definition) is 5. The molecule has 146 valence electrons. The molecule has 1 aliphatic carbocycles. The zero-order chi connectivity index (χ0) is 19.3. The standard InChI is InChI=1S/C21H26N6O/c22-14-18-2-1-3-20(25-18)24-17-6-4-16(5-7-17)21(28)27-12-9-15(10-13-27)19-8-11-23-26-19/h1-3,8,11,15-17H,4-7,9-10,12-13H2,(H,23,26)(H,24,25). The highest BCUT2D eigenvalue weighted by atomic mass is 16.2. The van der Waals surface area contributed by atoms with Gasteiger partial charge in [-0.2, -0.15) is 10.4 Å². The molecule has 28 heavy (non-hydrogen) atoms. The summed E-state index contributed by atoms with van der Waals surface area (Å²) in [5.74, 6) is 1.70. The van der Waals surface area contributed by atoms with E-state index in [4.69, 9.17) is 5.26 Å². The Morgan fingerprint density at radius 1 is 1.14 bits per heavy atom. The van der Waals surface area contributed by atoms with Gasteiger partial charge in [0, 0.05) is 42.9 Å². The van der Waals surface area contributed by atoms with Crippen LogP contribution >= 0.6 is 0 Å². The first-order chi connectivity index (χ1) is 13.7. The topological polar surface area (TPSA) is 97.7 Å². The molecular formula is C21H26N6O. The summed E-state index contributed by atoms with van der Waals surface area (Å²) in [6.07, 6.45) is 7.55. The predicted octanol–water partition coefficient (Wildman–Crippen LogP) is 3.05. The average Bonchev–Trinajstić information content (AvgIpc) is 3.29. The van der Waals surface area contributed by atoms with Crippen molar-refractivity contribution >= 4 is 11.7 Å². The molecule has 3 heterocycles. The Balaban J connectivity index is 1.24. The van der Waals surface area contributed by atoms with Crippen molar-refractivity contribution in [2.75, 3.05) is 18.4 Å². The fraction of sp³-hybridized carbons (Fsp3) is 0.524. The normalized spacial score (nSPS) is 23.2. The molecule has 4 rings (SSSR count). The molecular weight excluding hydrogens is 352 g/mol. The van der Waals surface area contributed by atoms with Crippen LogP contribution in [0.3, 0.4) is 0 Å². The summed E-state index contributed by atoms with van der Waals surface area (Å²) in [6.45, 7) is 1.68.